The Hall–Kier alpha value is -2.86. The van der Waals surface area contributed by atoms with Crippen molar-refractivity contribution in [3.63, 3.8) is 0 Å². The van der Waals surface area contributed by atoms with E-state index in [0.29, 0.717) is 13.0 Å². The second-order valence-electron chi connectivity index (χ2n) is 5.19. The lowest BCUT2D eigenvalue weighted by atomic mass is 10.1. The Morgan fingerprint density at radius 1 is 0.955 bits per heavy atom. The monoisotopic (exact) mass is 287 g/mol. The lowest BCUT2D eigenvalue weighted by molar-refractivity contribution is 0.722. The summed E-state index contributed by atoms with van der Waals surface area (Å²) in [7, 11) is 0. The van der Waals surface area contributed by atoms with Gasteiger partial charge < -0.3 is 4.57 Å². The summed E-state index contributed by atoms with van der Waals surface area (Å²) in [5.74, 6) is 0.932. The average Bonchev–Trinajstić information content (AvgIpc) is 2.97. The van der Waals surface area contributed by atoms with Crippen LogP contribution in [0.1, 0.15) is 17.7 Å². The van der Waals surface area contributed by atoms with E-state index < -0.39 is 0 Å². The first-order valence-corrected chi connectivity index (χ1v) is 7.39. The molecule has 0 aliphatic carbocycles. The van der Waals surface area contributed by atoms with E-state index in [1.165, 1.54) is 5.56 Å². The second-order valence-corrected chi connectivity index (χ2v) is 5.19. The van der Waals surface area contributed by atoms with Gasteiger partial charge in [0.1, 0.15) is 5.82 Å². The van der Waals surface area contributed by atoms with Gasteiger partial charge in [0.2, 0.25) is 0 Å². The number of rotatable bonds is 5. The third-order valence-corrected chi connectivity index (χ3v) is 3.55. The molecule has 22 heavy (non-hydrogen) atoms. The van der Waals surface area contributed by atoms with Gasteiger partial charge in [-0.25, -0.2) is 4.98 Å². The van der Waals surface area contributed by atoms with Gasteiger partial charge >= 0.3 is 0 Å². The van der Waals surface area contributed by atoms with E-state index in [1.807, 2.05) is 36.4 Å². The fourth-order valence-corrected chi connectivity index (χ4v) is 2.52. The standard InChI is InChI=1S/C19H17N3/c20-12-7-13-22-15-18(14-16-8-3-1-4-9-16)21-19(22)17-10-5-2-6-11-17/h1-6,8-11,15H,7,13-14H2. The van der Waals surface area contributed by atoms with Crippen LogP contribution in [0.3, 0.4) is 0 Å². The Labute approximate surface area is 130 Å². The number of imidazole rings is 1. The molecular formula is C19H17N3. The van der Waals surface area contributed by atoms with E-state index >= 15 is 0 Å². The van der Waals surface area contributed by atoms with Crippen LogP contribution in [0.15, 0.2) is 66.9 Å². The zero-order valence-corrected chi connectivity index (χ0v) is 12.3. The zero-order valence-electron chi connectivity index (χ0n) is 12.3. The Bertz CT molecular complexity index is 767. The molecule has 1 heterocycles. The van der Waals surface area contributed by atoms with Crippen molar-refractivity contribution < 1.29 is 0 Å². The molecule has 1 aromatic heterocycles. The first-order valence-electron chi connectivity index (χ1n) is 7.39. The first kappa shape index (κ1) is 14.1. The summed E-state index contributed by atoms with van der Waals surface area (Å²) in [6, 6.07) is 22.6. The quantitative estimate of drug-likeness (QED) is 0.710. The molecule has 0 amide bonds. The number of hydrogen-bond acceptors (Lipinski definition) is 2. The van der Waals surface area contributed by atoms with Crippen molar-refractivity contribution in [3.8, 4) is 17.5 Å². The minimum atomic E-state index is 0.487. The molecule has 2 aromatic carbocycles. The van der Waals surface area contributed by atoms with Crippen molar-refractivity contribution in [3.05, 3.63) is 78.1 Å². The van der Waals surface area contributed by atoms with E-state index in [-0.39, 0.29) is 0 Å². The van der Waals surface area contributed by atoms with Crippen LogP contribution in [-0.4, -0.2) is 9.55 Å². The predicted molar refractivity (Wildman–Crippen MR) is 87.1 cm³/mol. The normalized spacial score (nSPS) is 10.3. The molecule has 0 unspecified atom stereocenters. The summed E-state index contributed by atoms with van der Waals surface area (Å²) in [6.07, 6.45) is 3.36. The van der Waals surface area contributed by atoms with Crippen LogP contribution in [0.25, 0.3) is 11.4 Å². The molecule has 0 spiro atoms. The Morgan fingerprint density at radius 2 is 1.64 bits per heavy atom. The Balaban J connectivity index is 1.93. The number of aryl methyl sites for hydroxylation is 1. The predicted octanol–water partition coefficient (Wildman–Crippen LogP) is 4.05. The molecule has 3 heteroatoms. The minimum Gasteiger partial charge on any atom is -0.330 e. The fraction of sp³-hybridized carbons (Fsp3) is 0.158. The first-order chi connectivity index (χ1) is 10.9. The van der Waals surface area contributed by atoms with Crippen molar-refractivity contribution >= 4 is 0 Å². The second kappa shape index (κ2) is 6.73. The van der Waals surface area contributed by atoms with E-state index in [2.05, 4.69) is 41.1 Å². The lowest BCUT2D eigenvalue weighted by Gasteiger charge is -2.04. The van der Waals surface area contributed by atoms with Crippen LogP contribution < -0.4 is 0 Å². The highest BCUT2D eigenvalue weighted by Gasteiger charge is 2.10. The van der Waals surface area contributed by atoms with Crippen molar-refractivity contribution in [1.82, 2.24) is 9.55 Å². The third-order valence-electron chi connectivity index (χ3n) is 3.55. The summed E-state index contributed by atoms with van der Waals surface area (Å²) in [5.41, 5.74) is 3.36. The molecule has 0 saturated carbocycles. The highest BCUT2D eigenvalue weighted by atomic mass is 15.1. The molecular weight excluding hydrogens is 270 g/mol. The van der Waals surface area contributed by atoms with Crippen LogP contribution in [-0.2, 0) is 13.0 Å². The number of nitriles is 1. The molecule has 3 rings (SSSR count). The SMILES string of the molecule is N#CCCn1cc(Cc2ccccc2)nc1-c1ccccc1. The summed E-state index contributed by atoms with van der Waals surface area (Å²) in [5, 5.41) is 8.85. The highest BCUT2D eigenvalue weighted by Crippen LogP contribution is 2.20. The summed E-state index contributed by atoms with van der Waals surface area (Å²) >= 11 is 0. The summed E-state index contributed by atoms with van der Waals surface area (Å²) in [4.78, 5) is 4.78. The maximum Gasteiger partial charge on any atom is 0.140 e. The molecule has 0 aliphatic rings. The maximum absolute atomic E-state index is 8.85. The van der Waals surface area contributed by atoms with Gasteiger partial charge in [-0.3, -0.25) is 0 Å². The van der Waals surface area contributed by atoms with E-state index in [9.17, 15) is 0 Å². The van der Waals surface area contributed by atoms with Gasteiger partial charge in [-0.05, 0) is 5.56 Å². The molecule has 0 bridgehead atoms. The van der Waals surface area contributed by atoms with Gasteiger partial charge in [0.25, 0.3) is 0 Å². The minimum absolute atomic E-state index is 0.487. The van der Waals surface area contributed by atoms with E-state index in [4.69, 9.17) is 10.2 Å². The van der Waals surface area contributed by atoms with Gasteiger partial charge in [-0.15, -0.1) is 0 Å². The third kappa shape index (κ3) is 3.24. The molecule has 3 aromatic rings. The van der Waals surface area contributed by atoms with Crippen molar-refractivity contribution in [2.45, 2.75) is 19.4 Å². The van der Waals surface area contributed by atoms with Crippen LogP contribution in [0.5, 0.6) is 0 Å². The van der Waals surface area contributed by atoms with Gasteiger partial charge in [0.15, 0.2) is 0 Å². The van der Waals surface area contributed by atoms with Gasteiger partial charge in [0, 0.05) is 24.7 Å². The van der Waals surface area contributed by atoms with E-state index in [0.717, 1.165) is 23.5 Å². The summed E-state index contributed by atoms with van der Waals surface area (Å²) < 4.78 is 2.08. The molecule has 0 atom stereocenters. The van der Waals surface area contributed by atoms with Crippen LogP contribution in [0, 0.1) is 11.3 Å². The van der Waals surface area contributed by atoms with Crippen LogP contribution >= 0.6 is 0 Å². The number of aromatic nitrogens is 2. The fourth-order valence-electron chi connectivity index (χ4n) is 2.52. The molecule has 0 N–H and O–H groups in total. The molecule has 0 radical (unpaired) electrons. The molecule has 0 saturated heterocycles. The zero-order chi connectivity index (χ0) is 15.2. The van der Waals surface area contributed by atoms with Gasteiger partial charge in [-0.2, -0.15) is 5.26 Å². The maximum atomic E-state index is 8.85. The smallest absolute Gasteiger partial charge is 0.140 e. The topological polar surface area (TPSA) is 41.6 Å². The lowest BCUT2D eigenvalue weighted by Crippen LogP contribution is -1.98. The number of hydrogen-bond donors (Lipinski definition) is 0. The largest absolute Gasteiger partial charge is 0.330 e. The van der Waals surface area contributed by atoms with Gasteiger partial charge in [-0.1, -0.05) is 60.7 Å². The molecule has 3 nitrogen and oxygen atoms in total. The van der Waals surface area contributed by atoms with Crippen molar-refractivity contribution in [1.29, 1.82) is 5.26 Å². The van der Waals surface area contributed by atoms with Crippen molar-refractivity contribution in [2.75, 3.05) is 0 Å². The Kier molecular flexibility index (Phi) is 4.31. The number of benzene rings is 2. The van der Waals surface area contributed by atoms with Gasteiger partial charge in [0.05, 0.1) is 18.2 Å². The molecule has 0 aliphatic heterocycles. The van der Waals surface area contributed by atoms with E-state index in [1.54, 1.807) is 0 Å². The summed E-state index contributed by atoms with van der Waals surface area (Å²) in [6.45, 7) is 0.669. The van der Waals surface area contributed by atoms with Crippen molar-refractivity contribution in [2.24, 2.45) is 0 Å². The Morgan fingerprint density at radius 3 is 2.32 bits per heavy atom. The number of nitrogens with zero attached hydrogens (tertiary/aromatic N) is 3. The molecule has 108 valence electrons. The molecule has 0 fully saturated rings. The highest BCUT2D eigenvalue weighted by molar-refractivity contribution is 5.56. The van der Waals surface area contributed by atoms with Crippen LogP contribution in [0.2, 0.25) is 0 Å². The average molecular weight is 287 g/mol. The van der Waals surface area contributed by atoms with Crippen LogP contribution in [0.4, 0.5) is 0 Å².